The molecule has 0 radical (unpaired) electrons. The topological polar surface area (TPSA) is 78.9 Å². The maximum Gasteiger partial charge on any atom is 0.306 e. The zero-order chi connectivity index (χ0) is 59.9. The van der Waals surface area contributed by atoms with Gasteiger partial charge in [0.05, 0.1) is 0 Å². The minimum Gasteiger partial charge on any atom is -0.462 e. The number of carbonyl (C=O) groups excluding carboxylic acids is 3. The average molecular weight is 1140 g/mol. The number of unbranched alkanes of at least 4 members (excludes halogenated alkanes) is 20. The third-order valence-corrected chi connectivity index (χ3v) is 13.7. The molecule has 466 valence electrons. The Morgan fingerprint density at radius 3 is 0.711 bits per heavy atom. The van der Waals surface area contributed by atoms with Crippen LogP contribution in [0.3, 0.4) is 0 Å². The van der Waals surface area contributed by atoms with Gasteiger partial charge < -0.3 is 14.2 Å². The maximum atomic E-state index is 12.9. The highest BCUT2D eigenvalue weighted by molar-refractivity contribution is 5.71. The van der Waals surface area contributed by atoms with Gasteiger partial charge in [0.2, 0.25) is 0 Å². The highest BCUT2D eigenvalue weighted by atomic mass is 16.6. The third kappa shape index (κ3) is 67.4. The molecule has 83 heavy (non-hydrogen) atoms. The summed E-state index contributed by atoms with van der Waals surface area (Å²) in [4.78, 5) is 38.4. The number of hydrogen-bond donors (Lipinski definition) is 0. The summed E-state index contributed by atoms with van der Waals surface area (Å²) in [6, 6.07) is 0. The summed E-state index contributed by atoms with van der Waals surface area (Å²) in [6.07, 6.45) is 102. The van der Waals surface area contributed by atoms with Crippen molar-refractivity contribution in [1.82, 2.24) is 0 Å². The molecule has 6 nitrogen and oxygen atoms in total. The fraction of sp³-hybridized carbons (Fsp3) is 0.597. The average Bonchev–Trinajstić information content (AvgIpc) is 3.49. The van der Waals surface area contributed by atoms with E-state index in [-0.39, 0.29) is 37.5 Å². The van der Waals surface area contributed by atoms with Crippen LogP contribution in [0.5, 0.6) is 0 Å². The SMILES string of the molecule is CC/C=C\C/C=C\C/C=C\C/C=C\C/C=C\C/C=C\C/C=C\CCCC(=O)OC(COC(=O)CCCCCCC/C=C\C/C=C\C/C=C\CC)COC(=O)CCCCCCCCCCCCCCCC/C=C\C/C=C\C/C=C\C/C=C\CC. The van der Waals surface area contributed by atoms with Gasteiger partial charge in [0.25, 0.3) is 0 Å². The first-order chi connectivity index (χ1) is 41.0. The van der Waals surface area contributed by atoms with Gasteiger partial charge in [-0.05, 0) is 141 Å². The summed E-state index contributed by atoms with van der Waals surface area (Å²) >= 11 is 0. The van der Waals surface area contributed by atoms with Crippen LogP contribution in [0.15, 0.2) is 170 Å². The van der Waals surface area contributed by atoms with E-state index in [2.05, 4.69) is 191 Å². The van der Waals surface area contributed by atoms with Crippen molar-refractivity contribution in [2.24, 2.45) is 0 Å². The smallest absolute Gasteiger partial charge is 0.306 e. The lowest BCUT2D eigenvalue weighted by molar-refractivity contribution is -0.167. The van der Waals surface area contributed by atoms with E-state index in [1.165, 1.54) is 77.0 Å². The highest BCUT2D eigenvalue weighted by Crippen LogP contribution is 2.15. The van der Waals surface area contributed by atoms with Gasteiger partial charge >= 0.3 is 17.9 Å². The third-order valence-electron chi connectivity index (χ3n) is 13.7. The monoisotopic (exact) mass is 1140 g/mol. The Bertz CT molecular complexity index is 1890. The Morgan fingerprint density at radius 2 is 0.446 bits per heavy atom. The fourth-order valence-corrected chi connectivity index (χ4v) is 8.79. The van der Waals surface area contributed by atoms with Crippen LogP contribution in [0.25, 0.3) is 0 Å². The first kappa shape index (κ1) is 77.8. The highest BCUT2D eigenvalue weighted by Gasteiger charge is 2.19. The molecule has 0 rings (SSSR count). The quantitative estimate of drug-likeness (QED) is 0.0261. The number of rotatable bonds is 59. The van der Waals surface area contributed by atoms with Crippen molar-refractivity contribution in [3.05, 3.63) is 170 Å². The largest absolute Gasteiger partial charge is 0.462 e. The molecule has 0 aliphatic heterocycles. The molecular formula is C77H122O6. The van der Waals surface area contributed by atoms with Crippen LogP contribution in [0, 0.1) is 0 Å². The van der Waals surface area contributed by atoms with Crippen molar-refractivity contribution in [2.45, 2.75) is 284 Å². The van der Waals surface area contributed by atoms with Crippen molar-refractivity contribution in [3.63, 3.8) is 0 Å². The first-order valence-electron chi connectivity index (χ1n) is 33.6. The van der Waals surface area contributed by atoms with Gasteiger partial charge in [-0.1, -0.05) is 287 Å². The lowest BCUT2D eigenvalue weighted by atomic mass is 10.0. The van der Waals surface area contributed by atoms with Crippen molar-refractivity contribution < 1.29 is 28.6 Å². The minimum atomic E-state index is -0.826. The van der Waals surface area contributed by atoms with Gasteiger partial charge in [0.1, 0.15) is 13.2 Å². The van der Waals surface area contributed by atoms with E-state index >= 15 is 0 Å². The van der Waals surface area contributed by atoms with E-state index in [9.17, 15) is 14.4 Å². The van der Waals surface area contributed by atoms with Gasteiger partial charge in [-0.15, -0.1) is 0 Å². The van der Waals surface area contributed by atoms with Crippen LogP contribution in [-0.2, 0) is 28.6 Å². The molecule has 0 N–H and O–H groups in total. The lowest BCUT2D eigenvalue weighted by Gasteiger charge is -2.18. The normalized spacial score (nSPS) is 13.2. The van der Waals surface area contributed by atoms with Crippen molar-refractivity contribution in [1.29, 1.82) is 0 Å². The van der Waals surface area contributed by atoms with Gasteiger partial charge in [-0.2, -0.15) is 0 Å². The lowest BCUT2D eigenvalue weighted by Crippen LogP contribution is -2.30. The number of esters is 3. The molecule has 0 fully saturated rings. The standard InChI is InChI=1S/C77H122O6/c1-4-7-10-13-16-19-22-25-28-30-32-34-36-37-38-39-41-42-44-46-49-52-55-58-61-64-67-70-76(79)82-73-74(72-81-75(78)69-66-63-60-57-54-51-48-27-24-21-18-15-12-9-6-3)83-77(80)71-68-65-62-59-56-53-50-47-45-43-40-35-33-31-29-26-23-20-17-14-11-8-5-2/h7-12,16-21,25-29,32-35,43,45,48,50,53,59,62,74H,4-6,13-15,22-24,30-31,36-42,44,46-47,49,51-52,54-58,60-61,63-73H2,1-3H3/b10-7-,11-8-,12-9-,19-16-,20-17-,21-18-,28-25-,29-26-,34-32-,35-33-,45-43-,48-27-,53-50-,62-59-. The Kier molecular flexibility index (Phi) is 64.9. The second-order valence-corrected chi connectivity index (χ2v) is 21.6. The molecule has 0 saturated heterocycles. The predicted molar refractivity (Wildman–Crippen MR) is 361 cm³/mol. The Labute approximate surface area is 511 Å². The molecule has 0 aromatic heterocycles. The number of hydrogen-bond acceptors (Lipinski definition) is 6. The van der Waals surface area contributed by atoms with Gasteiger partial charge in [0, 0.05) is 19.3 Å². The molecular weight excluding hydrogens is 1020 g/mol. The van der Waals surface area contributed by atoms with E-state index in [0.717, 1.165) is 154 Å². The number of allylic oxidation sites excluding steroid dienone is 28. The molecule has 0 bridgehead atoms. The summed E-state index contributed by atoms with van der Waals surface area (Å²) in [5, 5.41) is 0. The van der Waals surface area contributed by atoms with Gasteiger partial charge in [0.15, 0.2) is 6.10 Å². The Hall–Kier alpha value is -5.23. The molecule has 0 amide bonds. The molecule has 6 heteroatoms. The van der Waals surface area contributed by atoms with E-state index in [4.69, 9.17) is 14.2 Å². The van der Waals surface area contributed by atoms with Crippen LogP contribution >= 0.6 is 0 Å². The summed E-state index contributed by atoms with van der Waals surface area (Å²) in [5.74, 6) is -0.993. The Morgan fingerprint density at radius 1 is 0.241 bits per heavy atom. The molecule has 0 aliphatic carbocycles. The predicted octanol–water partition coefficient (Wildman–Crippen LogP) is 23.4. The van der Waals surface area contributed by atoms with Crippen LogP contribution in [0.2, 0.25) is 0 Å². The Balaban J connectivity index is 4.45. The number of ether oxygens (including phenoxy) is 3. The molecule has 0 aromatic rings. The molecule has 0 spiro atoms. The molecule has 0 aromatic carbocycles. The van der Waals surface area contributed by atoms with E-state index in [1.807, 2.05) is 0 Å². The molecule has 0 heterocycles. The van der Waals surface area contributed by atoms with Crippen LogP contribution in [0.1, 0.15) is 278 Å². The summed E-state index contributed by atoms with van der Waals surface area (Å²) < 4.78 is 16.9. The minimum absolute atomic E-state index is 0.114. The van der Waals surface area contributed by atoms with Crippen molar-refractivity contribution >= 4 is 17.9 Å². The zero-order valence-electron chi connectivity index (χ0n) is 53.4. The second kappa shape index (κ2) is 69.3. The van der Waals surface area contributed by atoms with E-state index in [0.29, 0.717) is 19.3 Å². The summed E-state index contributed by atoms with van der Waals surface area (Å²) in [6.45, 7) is 6.24. The van der Waals surface area contributed by atoms with E-state index < -0.39 is 6.10 Å². The van der Waals surface area contributed by atoms with Gasteiger partial charge in [-0.25, -0.2) is 0 Å². The van der Waals surface area contributed by atoms with Crippen molar-refractivity contribution in [2.75, 3.05) is 13.2 Å². The number of carbonyl (C=O) groups is 3. The van der Waals surface area contributed by atoms with Crippen LogP contribution < -0.4 is 0 Å². The fourth-order valence-electron chi connectivity index (χ4n) is 8.79. The first-order valence-corrected chi connectivity index (χ1v) is 33.6. The molecule has 1 unspecified atom stereocenters. The van der Waals surface area contributed by atoms with Gasteiger partial charge in [-0.3, -0.25) is 14.4 Å². The summed E-state index contributed by atoms with van der Waals surface area (Å²) in [5.41, 5.74) is 0. The van der Waals surface area contributed by atoms with Crippen molar-refractivity contribution in [3.8, 4) is 0 Å². The molecule has 0 saturated carbocycles. The maximum absolute atomic E-state index is 12.9. The molecule has 0 aliphatic rings. The van der Waals surface area contributed by atoms with Crippen LogP contribution in [0.4, 0.5) is 0 Å². The zero-order valence-corrected chi connectivity index (χ0v) is 53.4. The second-order valence-electron chi connectivity index (χ2n) is 21.6. The van der Waals surface area contributed by atoms with E-state index in [1.54, 1.807) is 0 Å². The molecule has 1 atom stereocenters. The summed E-state index contributed by atoms with van der Waals surface area (Å²) in [7, 11) is 0. The van der Waals surface area contributed by atoms with Crippen LogP contribution in [-0.4, -0.2) is 37.2 Å².